The second kappa shape index (κ2) is 8.27. The van der Waals surface area contributed by atoms with Crippen molar-refractivity contribution in [3.63, 3.8) is 0 Å². The van der Waals surface area contributed by atoms with Crippen LogP contribution in [0.2, 0.25) is 0 Å². The first-order chi connectivity index (χ1) is 11.7. The van der Waals surface area contributed by atoms with Crippen LogP contribution in [0.1, 0.15) is 28.8 Å². The molecule has 124 valence electrons. The van der Waals surface area contributed by atoms with Gasteiger partial charge in [-0.05, 0) is 48.7 Å². The molecule has 24 heavy (non-hydrogen) atoms. The first kappa shape index (κ1) is 16.9. The fraction of sp³-hybridized carbons (Fsp3) is 0.250. The molecular formula is C20H19BrO3. The number of ether oxygens (including phenoxy) is 2. The summed E-state index contributed by atoms with van der Waals surface area (Å²) in [6, 6.07) is 17.3. The molecule has 0 aromatic heterocycles. The number of carbonyl (C=O) groups excluding carboxylic acids is 1. The molecule has 2 aromatic carbocycles. The Morgan fingerprint density at radius 3 is 2.29 bits per heavy atom. The molecule has 4 heteroatoms. The van der Waals surface area contributed by atoms with Crippen molar-refractivity contribution in [3.8, 4) is 0 Å². The number of hydrogen-bond acceptors (Lipinski definition) is 3. The average molecular weight is 387 g/mol. The maximum absolute atomic E-state index is 12.1. The predicted octanol–water partition coefficient (Wildman–Crippen LogP) is 4.91. The van der Waals surface area contributed by atoms with Crippen molar-refractivity contribution in [2.24, 2.45) is 0 Å². The van der Waals surface area contributed by atoms with Crippen molar-refractivity contribution in [1.82, 2.24) is 0 Å². The third-order valence-electron chi connectivity index (χ3n) is 3.92. The van der Waals surface area contributed by atoms with Gasteiger partial charge in [-0.1, -0.05) is 52.3 Å². The highest BCUT2D eigenvalue weighted by molar-refractivity contribution is 9.10. The smallest absolute Gasteiger partial charge is 0.338 e. The Bertz CT molecular complexity index is 695. The lowest BCUT2D eigenvalue weighted by molar-refractivity contribution is 0.0226. The molecular weight excluding hydrogens is 368 g/mol. The standard InChI is InChI=1S/C20H19BrO3/c21-17-8-6-16(7-9-17)20(22)24-19-12-10-18(11-13-19)23-14-15-4-2-1-3-5-15/h1-10,12,18-19H,11,13-14H2/t18-,19-/m0/s1. The Hall–Kier alpha value is -1.91. The lowest BCUT2D eigenvalue weighted by atomic mass is 10.0. The van der Waals surface area contributed by atoms with Crippen LogP contribution in [0.25, 0.3) is 0 Å². The van der Waals surface area contributed by atoms with Crippen LogP contribution >= 0.6 is 15.9 Å². The van der Waals surface area contributed by atoms with E-state index >= 15 is 0 Å². The van der Waals surface area contributed by atoms with E-state index in [-0.39, 0.29) is 18.2 Å². The second-order valence-electron chi connectivity index (χ2n) is 5.75. The van der Waals surface area contributed by atoms with Crippen molar-refractivity contribution in [1.29, 1.82) is 0 Å². The van der Waals surface area contributed by atoms with Crippen molar-refractivity contribution in [3.05, 3.63) is 82.3 Å². The summed E-state index contributed by atoms with van der Waals surface area (Å²) in [7, 11) is 0. The zero-order chi connectivity index (χ0) is 16.8. The Morgan fingerprint density at radius 2 is 1.62 bits per heavy atom. The summed E-state index contributed by atoms with van der Waals surface area (Å²) in [6.07, 6.45) is 5.44. The number of esters is 1. The highest BCUT2D eigenvalue weighted by Crippen LogP contribution is 2.20. The lowest BCUT2D eigenvalue weighted by Gasteiger charge is -2.23. The van der Waals surface area contributed by atoms with E-state index in [0.717, 1.165) is 22.9 Å². The summed E-state index contributed by atoms with van der Waals surface area (Å²) in [5, 5.41) is 0. The van der Waals surface area contributed by atoms with Gasteiger partial charge in [0.25, 0.3) is 0 Å². The minimum atomic E-state index is -0.291. The summed E-state index contributed by atoms with van der Waals surface area (Å²) >= 11 is 3.35. The molecule has 0 amide bonds. The molecule has 0 heterocycles. The Morgan fingerprint density at radius 1 is 0.958 bits per heavy atom. The Labute approximate surface area is 150 Å². The molecule has 0 saturated heterocycles. The summed E-state index contributed by atoms with van der Waals surface area (Å²) in [5.74, 6) is -0.291. The van der Waals surface area contributed by atoms with E-state index in [2.05, 4.69) is 28.1 Å². The zero-order valence-electron chi connectivity index (χ0n) is 13.2. The van der Waals surface area contributed by atoms with E-state index in [0.29, 0.717) is 12.2 Å². The second-order valence-corrected chi connectivity index (χ2v) is 6.66. The van der Waals surface area contributed by atoms with Crippen LogP contribution in [0, 0.1) is 0 Å². The van der Waals surface area contributed by atoms with E-state index in [9.17, 15) is 4.79 Å². The van der Waals surface area contributed by atoms with Crippen LogP contribution < -0.4 is 0 Å². The van der Waals surface area contributed by atoms with E-state index in [4.69, 9.17) is 9.47 Å². The van der Waals surface area contributed by atoms with Crippen LogP contribution in [0.5, 0.6) is 0 Å². The number of hydrogen-bond donors (Lipinski definition) is 0. The molecule has 3 nitrogen and oxygen atoms in total. The van der Waals surface area contributed by atoms with E-state index in [1.165, 1.54) is 0 Å². The van der Waals surface area contributed by atoms with Gasteiger partial charge >= 0.3 is 5.97 Å². The quantitative estimate of drug-likeness (QED) is 0.540. The van der Waals surface area contributed by atoms with Gasteiger partial charge in [0.15, 0.2) is 0 Å². The molecule has 2 atom stereocenters. The van der Waals surface area contributed by atoms with Gasteiger partial charge < -0.3 is 9.47 Å². The van der Waals surface area contributed by atoms with E-state index < -0.39 is 0 Å². The molecule has 3 rings (SSSR count). The molecule has 0 bridgehead atoms. The van der Waals surface area contributed by atoms with Crippen LogP contribution in [0.15, 0.2) is 71.2 Å². The molecule has 0 spiro atoms. The van der Waals surface area contributed by atoms with Gasteiger partial charge in [0, 0.05) is 4.47 Å². The number of rotatable bonds is 5. The maximum Gasteiger partial charge on any atom is 0.338 e. The largest absolute Gasteiger partial charge is 0.455 e. The minimum Gasteiger partial charge on any atom is -0.455 e. The van der Waals surface area contributed by atoms with Gasteiger partial charge in [0.05, 0.1) is 18.3 Å². The number of benzene rings is 2. The molecule has 0 radical (unpaired) electrons. The fourth-order valence-electron chi connectivity index (χ4n) is 2.57. The molecule has 0 saturated carbocycles. The Balaban J connectivity index is 1.48. The molecule has 0 N–H and O–H groups in total. The van der Waals surface area contributed by atoms with E-state index in [1.807, 2.05) is 42.5 Å². The highest BCUT2D eigenvalue weighted by atomic mass is 79.9. The van der Waals surface area contributed by atoms with Gasteiger partial charge in [-0.25, -0.2) is 4.79 Å². The fourth-order valence-corrected chi connectivity index (χ4v) is 2.84. The molecule has 1 aliphatic carbocycles. The number of halogens is 1. The van der Waals surface area contributed by atoms with Gasteiger partial charge in [0.1, 0.15) is 6.10 Å². The first-order valence-corrected chi connectivity index (χ1v) is 8.80. The molecule has 0 fully saturated rings. The third-order valence-corrected chi connectivity index (χ3v) is 4.45. The zero-order valence-corrected chi connectivity index (χ0v) is 14.8. The summed E-state index contributed by atoms with van der Waals surface area (Å²) in [4.78, 5) is 12.1. The average Bonchev–Trinajstić information content (AvgIpc) is 2.62. The van der Waals surface area contributed by atoms with Crippen LogP contribution in [0.4, 0.5) is 0 Å². The lowest BCUT2D eigenvalue weighted by Crippen LogP contribution is -2.23. The van der Waals surface area contributed by atoms with Crippen LogP contribution in [-0.2, 0) is 16.1 Å². The van der Waals surface area contributed by atoms with Crippen molar-refractivity contribution >= 4 is 21.9 Å². The van der Waals surface area contributed by atoms with Gasteiger partial charge in [-0.2, -0.15) is 0 Å². The Kier molecular flexibility index (Phi) is 5.83. The monoisotopic (exact) mass is 386 g/mol. The van der Waals surface area contributed by atoms with Crippen LogP contribution in [-0.4, -0.2) is 18.2 Å². The maximum atomic E-state index is 12.1. The number of carbonyl (C=O) groups is 1. The molecule has 0 unspecified atom stereocenters. The summed E-state index contributed by atoms with van der Waals surface area (Å²) in [6.45, 7) is 0.596. The normalized spacial score (nSPS) is 19.9. The topological polar surface area (TPSA) is 35.5 Å². The highest BCUT2D eigenvalue weighted by Gasteiger charge is 2.20. The summed E-state index contributed by atoms with van der Waals surface area (Å²) < 4.78 is 12.4. The van der Waals surface area contributed by atoms with Crippen LogP contribution in [0.3, 0.4) is 0 Å². The summed E-state index contributed by atoms with van der Waals surface area (Å²) in [5.41, 5.74) is 1.73. The first-order valence-electron chi connectivity index (χ1n) is 8.01. The van der Waals surface area contributed by atoms with E-state index in [1.54, 1.807) is 12.1 Å². The minimum absolute atomic E-state index is 0.0767. The predicted molar refractivity (Wildman–Crippen MR) is 96.7 cm³/mol. The van der Waals surface area contributed by atoms with Gasteiger partial charge in [-0.15, -0.1) is 0 Å². The SMILES string of the molecule is O=C(O[C@H]1C=C[C@H](OCc2ccccc2)CC1)c1ccc(Br)cc1. The van der Waals surface area contributed by atoms with Crippen molar-refractivity contribution in [2.45, 2.75) is 31.7 Å². The van der Waals surface area contributed by atoms with Gasteiger partial charge in [-0.3, -0.25) is 0 Å². The van der Waals surface area contributed by atoms with Crippen molar-refractivity contribution in [2.75, 3.05) is 0 Å². The third kappa shape index (κ3) is 4.79. The van der Waals surface area contributed by atoms with Crippen molar-refractivity contribution < 1.29 is 14.3 Å². The molecule has 1 aliphatic rings. The molecule has 0 aliphatic heterocycles. The van der Waals surface area contributed by atoms with Gasteiger partial charge in [0.2, 0.25) is 0 Å². The molecule has 2 aromatic rings.